The SMILES string of the molecule is COc1ccc(/C=N\NC(=O)Cn2cnc3sc4c(c3c2=O)CCC(C)C4)cc1. The number of fused-ring (bicyclic) bond motifs is 3. The molecule has 1 unspecified atom stereocenters. The predicted molar refractivity (Wildman–Crippen MR) is 114 cm³/mol. The number of benzene rings is 1. The summed E-state index contributed by atoms with van der Waals surface area (Å²) in [4.78, 5) is 31.6. The lowest BCUT2D eigenvalue weighted by molar-refractivity contribution is -0.121. The molecular formula is C21H22N4O3S. The highest BCUT2D eigenvalue weighted by Crippen LogP contribution is 2.35. The van der Waals surface area contributed by atoms with Crippen LogP contribution in [-0.2, 0) is 24.2 Å². The van der Waals surface area contributed by atoms with Gasteiger partial charge < -0.3 is 4.74 Å². The van der Waals surface area contributed by atoms with Gasteiger partial charge in [-0.25, -0.2) is 10.4 Å². The van der Waals surface area contributed by atoms with Crippen LogP contribution in [0.4, 0.5) is 0 Å². The van der Waals surface area contributed by atoms with Crippen LogP contribution in [0.5, 0.6) is 5.75 Å². The number of aryl methyl sites for hydroxylation is 1. The maximum atomic E-state index is 12.9. The molecule has 29 heavy (non-hydrogen) atoms. The second-order valence-electron chi connectivity index (χ2n) is 7.28. The number of carbonyl (C=O) groups excluding carboxylic acids is 1. The summed E-state index contributed by atoms with van der Waals surface area (Å²) in [5.74, 6) is 1.00. The lowest BCUT2D eigenvalue weighted by Crippen LogP contribution is -2.30. The fourth-order valence-corrected chi connectivity index (χ4v) is 4.88. The zero-order valence-electron chi connectivity index (χ0n) is 16.3. The minimum absolute atomic E-state index is 0.122. The van der Waals surface area contributed by atoms with Gasteiger partial charge in [0.25, 0.3) is 11.5 Å². The largest absolute Gasteiger partial charge is 0.497 e. The van der Waals surface area contributed by atoms with Crippen molar-refractivity contribution < 1.29 is 9.53 Å². The van der Waals surface area contributed by atoms with Crippen molar-refractivity contribution in [2.75, 3.05) is 7.11 Å². The van der Waals surface area contributed by atoms with Crippen LogP contribution in [0.25, 0.3) is 10.2 Å². The molecule has 1 atom stereocenters. The number of hydrazone groups is 1. The monoisotopic (exact) mass is 410 g/mol. The molecule has 0 saturated carbocycles. The maximum Gasteiger partial charge on any atom is 0.262 e. The van der Waals surface area contributed by atoms with E-state index in [4.69, 9.17) is 4.74 Å². The van der Waals surface area contributed by atoms with Crippen LogP contribution in [-0.4, -0.2) is 28.8 Å². The first-order valence-electron chi connectivity index (χ1n) is 9.51. The van der Waals surface area contributed by atoms with Crippen molar-refractivity contribution in [2.24, 2.45) is 11.0 Å². The summed E-state index contributed by atoms with van der Waals surface area (Å²) in [7, 11) is 1.60. The third-order valence-electron chi connectivity index (χ3n) is 5.11. The second kappa shape index (κ2) is 8.16. The van der Waals surface area contributed by atoms with Gasteiger partial charge >= 0.3 is 0 Å². The molecule has 2 heterocycles. The zero-order chi connectivity index (χ0) is 20.4. The summed E-state index contributed by atoms with van der Waals surface area (Å²) < 4.78 is 6.45. The Hall–Kier alpha value is -3.00. The molecule has 0 radical (unpaired) electrons. The number of ether oxygens (including phenoxy) is 1. The van der Waals surface area contributed by atoms with E-state index in [-0.39, 0.29) is 18.0 Å². The molecule has 0 saturated heterocycles. The topological polar surface area (TPSA) is 85.6 Å². The van der Waals surface area contributed by atoms with E-state index in [2.05, 4.69) is 22.4 Å². The standard InChI is InChI=1S/C21H22N4O3S/c1-13-3-8-16-17(9-13)29-20-19(16)21(27)25(12-22-20)11-18(26)24-23-10-14-4-6-15(28-2)7-5-14/h4-7,10,12-13H,3,8-9,11H2,1-2H3,(H,24,26)/b23-10-. The molecule has 1 amide bonds. The maximum absolute atomic E-state index is 12.9. The summed E-state index contributed by atoms with van der Waals surface area (Å²) in [5.41, 5.74) is 4.25. The molecule has 150 valence electrons. The molecule has 1 N–H and O–H groups in total. The number of aromatic nitrogens is 2. The minimum atomic E-state index is -0.379. The van der Waals surface area contributed by atoms with Crippen LogP contribution < -0.4 is 15.7 Å². The number of hydrogen-bond acceptors (Lipinski definition) is 6. The summed E-state index contributed by atoms with van der Waals surface area (Å²) in [6.45, 7) is 2.11. The summed E-state index contributed by atoms with van der Waals surface area (Å²) in [5, 5.41) is 4.63. The molecule has 2 aromatic heterocycles. The van der Waals surface area contributed by atoms with Crippen molar-refractivity contribution in [3.8, 4) is 5.75 Å². The molecule has 1 aromatic carbocycles. The molecule has 0 bridgehead atoms. The minimum Gasteiger partial charge on any atom is -0.497 e. The first-order valence-corrected chi connectivity index (χ1v) is 10.3. The van der Waals surface area contributed by atoms with Crippen molar-refractivity contribution in [1.82, 2.24) is 15.0 Å². The van der Waals surface area contributed by atoms with E-state index in [0.29, 0.717) is 11.3 Å². The molecule has 0 fully saturated rings. The van der Waals surface area contributed by atoms with Gasteiger partial charge in [0.2, 0.25) is 0 Å². The molecule has 1 aliphatic rings. The number of rotatable bonds is 5. The Balaban J connectivity index is 1.47. The van der Waals surface area contributed by atoms with Crippen molar-refractivity contribution >= 4 is 33.7 Å². The highest BCUT2D eigenvalue weighted by Gasteiger charge is 2.23. The van der Waals surface area contributed by atoms with Gasteiger partial charge in [-0.1, -0.05) is 6.92 Å². The number of hydrogen-bond donors (Lipinski definition) is 1. The summed E-state index contributed by atoms with van der Waals surface area (Å²) >= 11 is 1.60. The molecular weight excluding hydrogens is 388 g/mol. The predicted octanol–water partition coefficient (Wildman–Crippen LogP) is 2.74. The average Bonchev–Trinajstić information content (AvgIpc) is 3.09. The molecule has 0 spiro atoms. The van der Waals surface area contributed by atoms with Gasteiger partial charge in [0.1, 0.15) is 17.1 Å². The third-order valence-corrected chi connectivity index (χ3v) is 6.28. The van der Waals surface area contributed by atoms with E-state index >= 15 is 0 Å². The van der Waals surface area contributed by atoms with E-state index < -0.39 is 0 Å². The quantitative estimate of drug-likeness (QED) is 0.518. The van der Waals surface area contributed by atoms with Gasteiger partial charge in [0, 0.05) is 4.88 Å². The summed E-state index contributed by atoms with van der Waals surface area (Å²) in [6.07, 6.45) is 5.96. The van der Waals surface area contributed by atoms with Crippen molar-refractivity contribution in [2.45, 2.75) is 32.7 Å². The Bertz CT molecular complexity index is 1130. The van der Waals surface area contributed by atoms with Crippen molar-refractivity contribution in [3.05, 3.63) is 57.0 Å². The Labute approximate surface area is 172 Å². The van der Waals surface area contributed by atoms with Crippen LogP contribution in [0.3, 0.4) is 0 Å². The highest BCUT2D eigenvalue weighted by atomic mass is 32.1. The fraction of sp³-hybridized carbons (Fsp3) is 0.333. The molecule has 0 aliphatic heterocycles. The highest BCUT2D eigenvalue weighted by molar-refractivity contribution is 7.18. The van der Waals surface area contributed by atoms with Gasteiger partial charge in [-0.3, -0.25) is 14.2 Å². The molecule has 7 nitrogen and oxygen atoms in total. The lowest BCUT2D eigenvalue weighted by Gasteiger charge is -2.17. The van der Waals surface area contributed by atoms with E-state index in [0.717, 1.165) is 41.0 Å². The number of nitrogens with zero attached hydrogens (tertiary/aromatic N) is 3. The first-order chi connectivity index (χ1) is 14.0. The van der Waals surface area contributed by atoms with Crippen molar-refractivity contribution in [1.29, 1.82) is 0 Å². The normalized spacial score (nSPS) is 16.1. The van der Waals surface area contributed by atoms with Crippen LogP contribution in [0.15, 0.2) is 40.5 Å². The number of nitrogens with one attached hydrogen (secondary N) is 1. The van der Waals surface area contributed by atoms with Crippen LogP contribution >= 0.6 is 11.3 Å². The molecule has 4 rings (SSSR count). The van der Waals surface area contributed by atoms with Crippen LogP contribution in [0, 0.1) is 5.92 Å². The Morgan fingerprint density at radius 1 is 1.41 bits per heavy atom. The van der Waals surface area contributed by atoms with Gasteiger partial charge in [-0.15, -0.1) is 11.3 Å². The Morgan fingerprint density at radius 2 is 2.21 bits per heavy atom. The first kappa shape index (κ1) is 19.3. The van der Waals surface area contributed by atoms with Gasteiger partial charge in [-0.05, 0) is 60.6 Å². The summed E-state index contributed by atoms with van der Waals surface area (Å²) in [6, 6.07) is 7.28. The van der Waals surface area contributed by atoms with Crippen molar-refractivity contribution in [3.63, 3.8) is 0 Å². The number of carbonyl (C=O) groups is 1. The van der Waals surface area contributed by atoms with Gasteiger partial charge in [-0.2, -0.15) is 5.10 Å². The number of amides is 1. The van der Waals surface area contributed by atoms with Crippen LogP contribution in [0.1, 0.15) is 29.3 Å². The molecule has 1 aliphatic carbocycles. The third kappa shape index (κ3) is 4.07. The van der Waals surface area contributed by atoms with Gasteiger partial charge in [0.15, 0.2) is 0 Å². The Morgan fingerprint density at radius 3 is 2.97 bits per heavy atom. The van der Waals surface area contributed by atoms with Crippen LogP contribution in [0.2, 0.25) is 0 Å². The number of methoxy groups -OCH3 is 1. The smallest absolute Gasteiger partial charge is 0.262 e. The van der Waals surface area contributed by atoms with E-state index in [9.17, 15) is 9.59 Å². The van der Waals surface area contributed by atoms with E-state index in [1.807, 2.05) is 24.3 Å². The van der Waals surface area contributed by atoms with Gasteiger partial charge in [0.05, 0.1) is 25.0 Å². The zero-order valence-corrected chi connectivity index (χ0v) is 17.2. The lowest BCUT2D eigenvalue weighted by atomic mass is 9.89. The van der Waals surface area contributed by atoms with E-state index in [1.54, 1.807) is 18.4 Å². The van der Waals surface area contributed by atoms with E-state index in [1.165, 1.54) is 22.0 Å². The second-order valence-corrected chi connectivity index (χ2v) is 8.36. The average molecular weight is 410 g/mol. The Kier molecular flexibility index (Phi) is 5.44. The fourth-order valence-electron chi connectivity index (χ4n) is 3.54. The molecule has 8 heteroatoms. The number of thiophene rings is 1. The molecule has 3 aromatic rings.